The Morgan fingerprint density at radius 2 is 1.72 bits per heavy atom. The average molecular weight is 1030 g/mol. The SMILES string of the molecule is CC(O)C1NC(C)N(C(CCCCN)C(=O)N2CCCC2C(=O)NC(CCCNC(=N)N)C(=O)NCC(=O)NC(Cc2cccc(O)c2/N=N/c2ccc(OP(=O)(O)OCC[N+](C)(C)C)cc2)C(=O)O)C1=O. The molecule has 0 saturated carbocycles. The van der Waals surface area contributed by atoms with Gasteiger partial charge in [0.2, 0.25) is 29.5 Å². The summed E-state index contributed by atoms with van der Waals surface area (Å²) >= 11 is 0. The third-order valence-corrected chi connectivity index (χ3v) is 12.7. The van der Waals surface area contributed by atoms with Crippen LogP contribution in [0.5, 0.6) is 11.5 Å². The van der Waals surface area contributed by atoms with E-state index in [1.54, 1.807) is 6.92 Å². The highest BCUT2D eigenvalue weighted by atomic mass is 31.2. The van der Waals surface area contributed by atoms with Crippen molar-refractivity contribution in [3.8, 4) is 11.5 Å². The Morgan fingerprint density at radius 3 is 2.35 bits per heavy atom. The van der Waals surface area contributed by atoms with Gasteiger partial charge in [0, 0.05) is 19.5 Å². The van der Waals surface area contributed by atoms with Crippen LogP contribution < -0.4 is 42.6 Å². The molecule has 398 valence electrons. The molecular formula is C45H71N13O13P+. The summed E-state index contributed by atoms with van der Waals surface area (Å²) in [6, 6.07) is 3.98. The molecule has 8 atom stereocenters. The Morgan fingerprint density at radius 1 is 1.01 bits per heavy atom. The maximum Gasteiger partial charge on any atom is 0.527 e. The summed E-state index contributed by atoms with van der Waals surface area (Å²) in [5.41, 5.74) is 11.4. The van der Waals surface area contributed by atoms with Crippen molar-refractivity contribution >= 4 is 60.7 Å². The number of nitrogens with zero attached hydrogens (tertiary/aromatic N) is 5. The number of aliphatic hydroxyl groups is 1. The number of carboxylic acid groups (broad SMARTS) is 1. The van der Waals surface area contributed by atoms with Gasteiger partial charge in [-0.2, -0.15) is 5.11 Å². The first-order valence-corrected chi connectivity index (χ1v) is 25.2. The number of aliphatic carboxylic acids is 1. The molecule has 0 radical (unpaired) electrons. The zero-order chi connectivity index (χ0) is 53.3. The van der Waals surface area contributed by atoms with E-state index in [9.17, 15) is 53.5 Å². The van der Waals surface area contributed by atoms with Crippen molar-refractivity contribution in [2.75, 3.05) is 60.5 Å². The lowest BCUT2D eigenvalue weighted by molar-refractivity contribution is -0.870. The van der Waals surface area contributed by atoms with E-state index in [1.807, 2.05) is 21.1 Å². The van der Waals surface area contributed by atoms with Gasteiger partial charge >= 0.3 is 13.8 Å². The number of phenols is 1. The van der Waals surface area contributed by atoms with Gasteiger partial charge < -0.3 is 66.9 Å². The van der Waals surface area contributed by atoms with Crippen LogP contribution in [0, 0.1) is 5.41 Å². The summed E-state index contributed by atoms with van der Waals surface area (Å²) < 4.78 is 23.1. The summed E-state index contributed by atoms with van der Waals surface area (Å²) in [5, 5.41) is 59.9. The van der Waals surface area contributed by atoms with Crippen LogP contribution in [0.1, 0.15) is 64.4 Å². The number of unbranched alkanes of at least 4 members (excludes halogenated alkanes) is 1. The van der Waals surface area contributed by atoms with Gasteiger partial charge in [-0.3, -0.25) is 44.1 Å². The number of phosphoric acid groups is 1. The number of amides is 5. The summed E-state index contributed by atoms with van der Waals surface area (Å²) in [7, 11) is 1.26. The number of nitrogens with one attached hydrogen (secondary N) is 6. The molecule has 5 amide bonds. The van der Waals surface area contributed by atoms with Crippen LogP contribution in [0.2, 0.25) is 0 Å². The zero-order valence-corrected chi connectivity index (χ0v) is 42.2. The lowest BCUT2D eigenvalue weighted by atomic mass is 10.0. The van der Waals surface area contributed by atoms with Crippen molar-refractivity contribution in [1.29, 1.82) is 5.41 Å². The molecule has 27 heteroatoms. The van der Waals surface area contributed by atoms with Gasteiger partial charge in [0.15, 0.2) is 5.96 Å². The predicted octanol–water partition coefficient (Wildman–Crippen LogP) is 0.00157. The number of phosphoric ester groups is 1. The van der Waals surface area contributed by atoms with E-state index < -0.39 is 92.4 Å². The minimum absolute atomic E-state index is 0.00434. The van der Waals surface area contributed by atoms with Crippen molar-refractivity contribution in [3.05, 3.63) is 48.0 Å². The molecule has 0 spiro atoms. The Balaban J connectivity index is 1.42. The van der Waals surface area contributed by atoms with Crippen LogP contribution in [0.25, 0.3) is 0 Å². The van der Waals surface area contributed by atoms with Crippen LogP contribution >= 0.6 is 7.82 Å². The molecule has 0 aromatic heterocycles. The molecule has 8 unspecified atom stereocenters. The van der Waals surface area contributed by atoms with Gasteiger partial charge in [-0.25, -0.2) is 9.36 Å². The largest absolute Gasteiger partial charge is 0.527 e. The number of aliphatic hydroxyl groups excluding tert-OH is 1. The first kappa shape index (κ1) is 58.3. The van der Waals surface area contributed by atoms with Crippen molar-refractivity contribution in [2.24, 2.45) is 21.7 Å². The molecule has 2 aromatic rings. The quantitative estimate of drug-likeness (QED) is 0.0133. The van der Waals surface area contributed by atoms with Crippen LogP contribution in [-0.4, -0.2) is 179 Å². The molecule has 2 aromatic carbocycles. The topological polar surface area (TPSA) is 386 Å². The highest BCUT2D eigenvalue weighted by molar-refractivity contribution is 7.47. The Bertz CT molecular complexity index is 2300. The number of hydrogen-bond acceptors (Lipinski definition) is 16. The Hall–Kier alpha value is -6.28. The fourth-order valence-electron chi connectivity index (χ4n) is 8.04. The van der Waals surface area contributed by atoms with Crippen molar-refractivity contribution in [1.82, 2.24) is 36.4 Å². The molecule has 0 aliphatic carbocycles. The fourth-order valence-corrected chi connectivity index (χ4v) is 8.79. The number of benzene rings is 2. The average Bonchev–Trinajstić information content (AvgIpc) is 3.91. The number of aromatic hydroxyl groups is 1. The van der Waals surface area contributed by atoms with Gasteiger partial charge in [-0.05, 0) is 101 Å². The predicted molar refractivity (Wildman–Crippen MR) is 262 cm³/mol. The van der Waals surface area contributed by atoms with Crippen LogP contribution in [-0.2, 0) is 44.3 Å². The van der Waals surface area contributed by atoms with Gasteiger partial charge in [0.1, 0.15) is 60.5 Å². The second-order valence-corrected chi connectivity index (χ2v) is 20.0. The number of likely N-dealkylation sites (N-methyl/N-ethyl adjacent to an activating group) is 1. The van der Waals surface area contributed by atoms with Crippen molar-refractivity contribution < 1.29 is 67.1 Å². The molecular weight excluding hydrogens is 962 g/mol. The molecule has 2 heterocycles. The molecule has 14 N–H and O–H groups in total. The zero-order valence-electron chi connectivity index (χ0n) is 41.3. The standard InChI is InChI=1S/C45H70N13O13P/c1-27(59)38-43(65)57(28(2)51-38)35(13-6-7-20-46)42(64)56-22-10-14-34(56)41(63)53-32(12-9-21-49-45(47)48)40(62)50-26-37(61)52-33(44(66)67)25-29-11-8-15-36(60)39(29)55-54-30-16-18-31(19-17-30)71-72(68,69)70-24-23-58(3,4)5/h8,11,15-19,27-28,32-35,38,51,59H,6-7,9-10,12-14,20-26,46H2,1-5H3,(H9-,47,48,49,50,52,53,54,60,61,62,63,66,67,68,69)/p+1. The number of likely N-dealkylation sites (tertiary alicyclic amines) is 1. The summed E-state index contributed by atoms with van der Waals surface area (Å²) in [4.78, 5) is 94.1. The third-order valence-electron chi connectivity index (χ3n) is 11.8. The smallest absolute Gasteiger partial charge is 0.506 e. The maximum atomic E-state index is 14.3. The monoisotopic (exact) mass is 1030 g/mol. The van der Waals surface area contributed by atoms with Crippen LogP contribution in [0.4, 0.5) is 11.4 Å². The van der Waals surface area contributed by atoms with E-state index in [0.29, 0.717) is 36.8 Å². The van der Waals surface area contributed by atoms with E-state index in [2.05, 4.69) is 36.8 Å². The number of azo groups is 1. The highest BCUT2D eigenvalue weighted by Crippen LogP contribution is 2.44. The molecule has 2 fully saturated rings. The van der Waals surface area contributed by atoms with Crippen molar-refractivity contribution in [2.45, 2.75) is 108 Å². The molecule has 2 aliphatic heterocycles. The van der Waals surface area contributed by atoms with Gasteiger partial charge in [0.05, 0.1) is 45.6 Å². The third kappa shape index (κ3) is 17.8. The van der Waals surface area contributed by atoms with Crippen LogP contribution in [0.15, 0.2) is 52.7 Å². The summed E-state index contributed by atoms with van der Waals surface area (Å²) in [5.74, 6) is -5.42. The molecule has 0 bridgehead atoms. The van der Waals surface area contributed by atoms with Gasteiger partial charge in [0.25, 0.3) is 0 Å². The van der Waals surface area contributed by atoms with E-state index in [1.165, 1.54) is 59.2 Å². The van der Waals surface area contributed by atoms with Crippen LogP contribution in [0.3, 0.4) is 0 Å². The number of carboxylic acids is 1. The number of phenolic OH excluding ortho intramolecular Hbond substituents is 1. The van der Waals surface area contributed by atoms with E-state index >= 15 is 0 Å². The molecule has 72 heavy (non-hydrogen) atoms. The van der Waals surface area contributed by atoms with Gasteiger partial charge in [-0.1, -0.05) is 12.1 Å². The molecule has 2 saturated heterocycles. The molecule has 2 aliphatic rings. The van der Waals surface area contributed by atoms with Gasteiger partial charge in [-0.15, -0.1) is 5.11 Å². The first-order valence-electron chi connectivity index (χ1n) is 23.7. The second kappa shape index (κ2) is 27.0. The number of guanidine groups is 1. The number of hydrogen-bond donors (Lipinski definition) is 12. The van der Waals surface area contributed by atoms with E-state index in [-0.39, 0.29) is 86.2 Å². The number of rotatable bonds is 28. The maximum absolute atomic E-state index is 14.3. The minimum Gasteiger partial charge on any atom is -0.506 e. The normalized spacial score (nSPS) is 19.5. The minimum atomic E-state index is -4.43. The number of quaternary nitrogens is 1. The lowest BCUT2D eigenvalue weighted by Crippen LogP contribution is -2.58. The number of carbonyl (C=O) groups is 6. The summed E-state index contributed by atoms with van der Waals surface area (Å²) in [6.45, 7) is 3.60. The van der Waals surface area contributed by atoms with E-state index in [0.717, 1.165) is 0 Å². The molecule has 4 rings (SSSR count). The summed E-state index contributed by atoms with van der Waals surface area (Å²) in [6.07, 6.45) is 0.246. The Labute approximate surface area is 417 Å². The molecule has 26 nitrogen and oxygen atoms in total. The van der Waals surface area contributed by atoms with E-state index in [4.69, 9.17) is 25.9 Å². The Kier molecular flexibility index (Phi) is 21.8. The number of carbonyl (C=O) groups excluding carboxylic acids is 5. The second-order valence-electron chi connectivity index (χ2n) is 18.6. The first-order chi connectivity index (χ1) is 33.9. The highest BCUT2D eigenvalue weighted by Gasteiger charge is 2.47. The number of nitrogens with two attached hydrogens (primary N) is 2. The fraction of sp³-hybridized carbons (Fsp3) is 0.578. The lowest BCUT2D eigenvalue weighted by Gasteiger charge is -2.35. The van der Waals surface area contributed by atoms with Crippen molar-refractivity contribution in [3.63, 3.8) is 0 Å².